The van der Waals surface area contributed by atoms with Crippen molar-refractivity contribution in [2.75, 3.05) is 25.1 Å². The fourth-order valence-corrected chi connectivity index (χ4v) is 4.90. The molecule has 1 N–H and O–H groups in total. The van der Waals surface area contributed by atoms with Crippen LogP contribution in [0.3, 0.4) is 0 Å². The Bertz CT molecular complexity index is 1340. The van der Waals surface area contributed by atoms with Crippen molar-refractivity contribution in [3.05, 3.63) is 70.6 Å². The van der Waals surface area contributed by atoms with Crippen LogP contribution in [0, 0.1) is 6.92 Å². The highest BCUT2D eigenvalue weighted by Gasteiger charge is 2.40. The molecule has 0 radical (unpaired) electrons. The number of fused-ring (bicyclic) bond motifs is 3. The van der Waals surface area contributed by atoms with Gasteiger partial charge in [0.25, 0.3) is 5.56 Å². The normalized spacial score (nSPS) is 19.8. The van der Waals surface area contributed by atoms with Crippen LogP contribution in [0.25, 0.3) is 28.0 Å². The molecule has 0 aliphatic carbocycles. The Kier molecular flexibility index (Phi) is 4.33. The first-order valence-electron chi connectivity index (χ1n) is 10.9. The second-order valence-electron chi connectivity index (χ2n) is 8.50. The number of aromatic nitrogens is 3. The number of aromatic amines is 1. The Labute approximate surface area is 185 Å². The number of hydrogen-bond acceptors (Lipinski definition) is 5. The van der Waals surface area contributed by atoms with Gasteiger partial charge >= 0.3 is 0 Å². The highest BCUT2D eigenvalue weighted by atomic mass is 16.5. The Balaban J connectivity index is 1.57. The summed E-state index contributed by atoms with van der Waals surface area (Å²) < 4.78 is 12.6. The summed E-state index contributed by atoms with van der Waals surface area (Å²) in [6.07, 6.45) is 1.60. The SMILES string of the molecule is COc1ccc(-c2c(C)[nH]c3c(N4CC5CC(C4)O5)c(-c4ccccc4)nn3c2=O)cc1. The second-order valence-corrected chi connectivity index (χ2v) is 8.50. The molecular weight excluding hydrogens is 404 g/mol. The van der Waals surface area contributed by atoms with Crippen LogP contribution in [0.2, 0.25) is 0 Å². The molecule has 7 nitrogen and oxygen atoms in total. The summed E-state index contributed by atoms with van der Waals surface area (Å²) in [5.41, 5.74) is 5.61. The Morgan fingerprint density at radius 3 is 2.38 bits per heavy atom. The van der Waals surface area contributed by atoms with E-state index in [1.54, 1.807) is 7.11 Å². The number of aryl methyl sites for hydroxylation is 1. The van der Waals surface area contributed by atoms with Crippen LogP contribution in [-0.2, 0) is 4.74 Å². The average molecular weight is 428 g/mol. The molecule has 2 bridgehead atoms. The number of morpholine rings is 1. The minimum Gasteiger partial charge on any atom is -0.497 e. The maximum Gasteiger partial charge on any atom is 0.282 e. The van der Waals surface area contributed by atoms with Gasteiger partial charge in [-0.05, 0) is 24.6 Å². The molecule has 3 aliphatic rings. The maximum absolute atomic E-state index is 13.7. The van der Waals surface area contributed by atoms with Crippen molar-refractivity contribution >= 4 is 11.3 Å². The lowest BCUT2D eigenvalue weighted by Gasteiger charge is -2.47. The molecular formula is C25H24N4O3. The topological polar surface area (TPSA) is 71.9 Å². The van der Waals surface area contributed by atoms with Crippen LogP contribution < -0.4 is 15.2 Å². The van der Waals surface area contributed by atoms with Crippen LogP contribution in [0.1, 0.15) is 12.1 Å². The lowest BCUT2D eigenvalue weighted by molar-refractivity contribution is -0.133. The van der Waals surface area contributed by atoms with E-state index in [1.807, 2.05) is 61.5 Å². The van der Waals surface area contributed by atoms with Gasteiger partial charge in [-0.3, -0.25) is 4.79 Å². The molecule has 4 aromatic rings. The van der Waals surface area contributed by atoms with Gasteiger partial charge < -0.3 is 19.4 Å². The van der Waals surface area contributed by atoms with Crippen LogP contribution in [0.15, 0.2) is 59.4 Å². The van der Waals surface area contributed by atoms with Gasteiger partial charge in [0, 0.05) is 30.8 Å². The smallest absolute Gasteiger partial charge is 0.282 e. The van der Waals surface area contributed by atoms with Gasteiger partial charge in [-0.15, -0.1) is 0 Å². The highest BCUT2D eigenvalue weighted by Crippen LogP contribution is 2.38. The standard InChI is InChI=1S/C25H24N4O3/c1-15-21(16-8-10-18(31-2)11-9-16)25(30)29-24(26-15)23(28-13-19-12-20(14-28)32-19)22(27-29)17-6-4-3-5-7-17/h3-11,19-20,26H,12-14H2,1-2H3. The van der Waals surface area contributed by atoms with E-state index in [-0.39, 0.29) is 17.8 Å². The second kappa shape index (κ2) is 7.24. The zero-order valence-electron chi connectivity index (χ0n) is 18.0. The van der Waals surface area contributed by atoms with Crippen molar-refractivity contribution in [3.63, 3.8) is 0 Å². The van der Waals surface area contributed by atoms with Gasteiger partial charge in [0.05, 0.1) is 24.9 Å². The molecule has 0 spiro atoms. The molecule has 3 fully saturated rings. The van der Waals surface area contributed by atoms with Crippen LogP contribution in [0.4, 0.5) is 5.69 Å². The third kappa shape index (κ3) is 2.92. The van der Waals surface area contributed by atoms with E-state index in [0.717, 1.165) is 59.1 Å². The summed E-state index contributed by atoms with van der Waals surface area (Å²) in [6, 6.07) is 17.6. The molecule has 3 saturated heterocycles. The number of ether oxygens (including phenoxy) is 2. The van der Waals surface area contributed by atoms with Gasteiger partial charge in [-0.1, -0.05) is 42.5 Å². The highest BCUT2D eigenvalue weighted by molar-refractivity contribution is 5.87. The van der Waals surface area contributed by atoms with Gasteiger partial charge in [0.15, 0.2) is 5.65 Å². The monoisotopic (exact) mass is 428 g/mol. The molecule has 2 aromatic heterocycles. The molecule has 32 heavy (non-hydrogen) atoms. The van der Waals surface area contributed by atoms with Gasteiger partial charge in [0.1, 0.15) is 17.1 Å². The molecule has 2 unspecified atom stereocenters. The number of hydrogen-bond donors (Lipinski definition) is 1. The molecule has 7 rings (SSSR count). The minimum atomic E-state index is -0.136. The first-order chi connectivity index (χ1) is 15.6. The summed E-state index contributed by atoms with van der Waals surface area (Å²) in [7, 11) is 1.63. The zero-order valence-corrected chi connectivity index (χ0v) is 18.0. The molecule has 5 heterocycles. The summed E-state index contributed by atoms with van der Waals surface area (Å²) >= 11 is 0. The first kappa shape index (κ1) is 19.1. The number of nitrogens with one attached hydrogen (secondary N) is 1. The van der Waals surface area contributed by atoms with Gasteiger partial charge in [-0.25, -0.2) is 0 Å². The van der Waals surface area contributed by atoms with Crippen molar-refractivity contribution in [2.24, 2.45) is 0 Å². The van der Waals surface area contributed by atoms with Crippen molar-refractivity contribution in [1.82, 2.24) is 14.6 Å². The Morgan fingerprint density at radius 2 is 1.72 bits per heavy atom. The summed E-state index contributed by atoms with van der Waals surface area (Å²) in [5, 5.41) is 4.82. The zero-order chi connectivity index (χ0) is 21.8. The lowest BCUT2D eigenvalue weighted by Crippen LogP contribution is -2.57. The number of methoxy groups -OCH3 is 1. The van der Waals surface area contributed by atoms with Crippen molar-refractivity contribution < 1.29 is 9.47 Å². The van der Waals surface area contributed by atoms with Crippen LogP contribution >= 0.6 is 0 Å². The summed E-state index contributed by atoms with van der Waals surface area (Å²) in [4.78, 5) is 19.5. The van der Waals surface area contributed by atoms with Crippen LogP contribution in [-0.4, -0.2) is 47.0 Å². The fourth-order valence-electron chi connectivity index (χ4n) is 4.90. The third-order valence-electron chi connectivity index (χ3n) is 6.45. The van der Waals surface area contributed by atoms with Crippen molar-refractivity contribution in [3.8, 4) is 28.1 Å². The van der Waals surface area contributed by atoms with Gasteiger partial charge in [0.2, 0.25) is 0 Å². The van der Waals surface area contributed by atoms with E-state index in [0.29, 0.717) is 5.56 Å². The van der Waals surface area contributed by atoms with E-state index in [1.165, 1.54) is 4.52 Å². The van der Waals surface area contributed by atoms with Crippen molar-refractivity contribution in [2.45, 2.75) is 25.6 Å². The number of rotatable bonds is 4. The van der Waals surface area contributed by atoms with E-state index in [2.05, 4.69) is 9.88 Å². The Morgan fingerprint density at radius 1 is 1.03 bits per heavy atom. The van der Waals surface area contributed by atoms with E-state index >= 15 is 0 Å². The molecule has 3 aliphatic heterocycles. The van der Waals surface area contributed by atoms with Crippen LogP contribution in [0.5, 0.6) is 5.75 Å². The molecule has 2 atom stereocenters. The summed E-state index contributed by atoms with van der Waals surface area (Å²) in [6.45, 7) is 3.55. The van der Waals surface area contributed by atoms with Gasteiger partial charge in [-0.2, -0.15) is 9.61 Å². The predicted octanol–water partition coefficient (Wildman–Crippen LogP) is 3.65. The predicted molar refractivity (Wildman–Crippen MR) is 123 cm³/mol. The molecule has 0 saturated carbocycles. The number of nitrogens with zero attached hydrogens (tertiary/aromatic N) is 3. The molecule has 7 heteroatoms. The quantitative estimate of drug-likeness (QED) is 0.537. The minimum absolute atomic E-state index is 0.136. The number of piperidine rings is 1. The van der Waals surface area contributed by atoms with E-state index in [4.69, 9.17) is 14.6 Å². The fraction of sp³-hybridized carbons (Fsp3) is 0.280. The maximum atomic E-state index is 13.7. The third-order valence-corrected chi connectivity index (χ3v) is 6.45. The molecule has 162 valence electrons. The van der Waals surface area contributed by atoms with E-state index < -0.39 is 0 Å². The number of benzene rings is 2. The van der Waals surface area contributed by atoms with E-state index in [9.17, 15) is 4.79 Å². The first-order valence-corrected chi connectivity index (χ1v) is 10.9. The number of H-pyrrole nitrogens is 1. The average Bonchev–Trinajstić information content (AvgIpc) is 3.19. The Hall–Kier alpha value is -3.58. The lowest BCUT2D eigenvalue weighted by atomic mass is 9.97. The number of anilines is 1. The largest absolute Gasteiger partial charge is 0.497 e. The molecule has 0 amide bonds. The molecule has 2 aromatic carbocycles. The summed E-state index contributed by atoms with van der Waals surface area (Å²) in [5.74, 6) is 0.752. The van der Waals surface area contributed by atoms with Crippen molar-refractivity contribution in [1.29, 1.82) is 0 Å².